The van der Waals surface area contributed by atoms with Crippen molar-refractivity contribution >= 4 is 5.91 Å². The number of nitrogens with one attached hydrogen (secondary N) is 2. The third-order valence-electron chi connectivity index (χ3n) is 5.59. The van der Waals surface area contributed by atoms with Crippen molar-refractivity contribution in [3.8, 4) is 0 Å². The number of halogens is 2. The summed E-state index contributed by atoms with van der Waals surface area (Å²) >= 11 is 0. The van der Waals surface area contributed by atoms with Crippen LogP contribution in [0.15, 0.2) is 18.2 Å². The van der Waals surface area contributed by atoms with E-state index in [1.54, 1.807) is 0 Å². The van der Waals surface area contributed by atoms with Gasteiger partial charge in [-0.05, 0) is 44.0 Å². The molecule has 1 heterocycles. The molecule has 1 unspecified atom stereocenters. The molecule has 1 aromatic rings. The molecule has 1 aromatic carbocycles. The Bertz CT molecular complexity index is 560. The summed E-state index contributed by atoms with van der Waals surface area (Å²) in [4.78, 5) is 12.4. The average molecular weight is 322 g/mol. The van der Waals surface area contributed by atoms with Crippen LogP contribution >= 0.6 is 0 Å². The van der Waals surface area contributed by atoms with Crippen LogP contribution in [0.1, 0.15) is 38.2 Å². The summed E-state index contributed by atoms with van der Waals surface area (Å²) in [5, 5.41) is 6.13. The van der Waals surface area contributed by atoms with Gasteiger partial charge in [-0.2, -0.15) is 0 Å². The van der Waals surface area contributed by atoms with Crippen molar-refractivity contribution in [2.75, 3.05) is 19.6 Å². The molecule has 5 heteroatoms. The van der Waals surface area contributed by atoms with Gasteiger partial charge in [0.05, 0.1) is 0 Å². The third-order valence-corrected chi connectivity index (χ3v) is 5.59. The lowest BCUT2D eigenvalue weighted by Crippen LogP contribution is -2.51. The lowest BCUT2D eigenvalue weighted by molar-refractivity contribution is -0.127. The fourth-order valence-corrected chi connectivity index (χ4v) is 3.87. The highest BCUT2D eigenvalue weighted by molar-refractivity contribution is 5.79. The van der Waals surface area contributed by atoms with Gasteiger partial charge in [0.15, 0.2) is 0 Å². The van der Waals surface area contributed by atoms with Crippen LogP contribution in [0, 0.1) is 23.5 Å². The van der Waals surface area contributed by atoms with E-state index in [0.29, 0.717) is 25.3 Å². The summed E-state index contributed by atoms with van der Waals surface area (Å²) in [5.74, 6) is -0.728. The Labute approximate surface area is 135 Å². The first-order chi connectivity index (χ1) is 11.0. The van der Waals surface area contributed by atoms with E-state index in [9.17, 15) is 13.6 Å². The molecule has 1 aliphatic heterocycles. The topological polar surface area (TPSA) is 41.1 Å². The normalized spacial score (nSPS) is 21.7. The fraction of sp³-hybridized carbons (Fsp3) is 0.611. The van der Waals surface area contributed by atoms with Crippen LogP contribution in [-0.4, -0.2) is 25.5 Å². The van der Waals surface area contributed by atoms with Crippen LogP contribution in [0.3, 0.4) is 0 Å². The van der Waals surface area contributed by atoms with Crippen molar-refractivity contribution in [2.45, 2.75) is 38.0 Å². The van der Waals surface area contributed by atoms with Crippen LogP contribution in [-0.2, 0) is 10.2 Å². The molecule has 1 atom stereocenters. The summed E-state index contributed by atoms with van der Waals surface area (Å²) in [7, 11) is 0. The van der Waals surface area contributed by atoms with E-state index in [-0.39, 0.29) is 17.4 Å². The molecule has 126 valence electrons. The zero-order chi connectivity index (χ0) is 16.4. The molecule has 0 radical (unpaired) electrons. The van der Waals surface area contributed by atoms with E-state index in [2.05, 4.69) is 10.6 Å². The molecule has 2 N–H and O–H groups in total. The lowest BCUT2D eigenvalue weighted by atomic mass is 9.77. The van der Waals surface area contributed by atoms with Crippen molar-refractivity contribution in [2.24, 2.45) is 11.8 Å². The fourth-order valence-electron chi connectivity index (χ4n) is 3.87. The smallest absolute Gasteiger partial charge is 0.223 e. The first-order valence-corrected chi connectivity index (χ1v) is 8.46. The van der Waals surface area contributed by atoms with Crippen LogP contribution in [0.5, 0.6) is 0 Å². The SMILES string of the molecule is CC(C(=O)NCC1(c2c(F)cccc2F)CCCC1)C1CNC1. The first-order valence-electron chi connectivity index (χ1n) is 8.46. The van der Waals surface area contributed by atoms with E-state index >= 15 is 0 Å². The molecule has 2 aliphatic rings. The summed E-state index contributed by atoms with van der Waals surface area (Å²) in [6, 6.07) is 4.01. The predicted molar refractivity (Wildman–Crippen MR) is 85.0 cm³/mol. The standard InChI is InChI=1S/C18H24F2N2O/c1-12(13-9-21-10-13)17(23)22-11-18(7-2-3-8-18)16-14(19)5-4-6-15(16)20/h4-6,12-13,21H,2-3,7-11H2,1H3,(H,22,23). The van der Waals surface area contributed by atoms with Crippen molar-refractivity contribution in [3.63, 3.8) is 0 Å². The largest absolute Gasteiger partial charge is 0.355 e. The Kier molecular flexibility index (Phi) is 4.67. The van der Waals surface area contributed by atoms with Gasteiger partial charge in [0.2, 0.25) is 5.91 Å². The molecule has 3 nitrogen and oxygen atoms in total. The lowest BCUT2D eigenvalue weighted by Gasteiger charge is -2.34. The van der Waals surface area contributed by atoms with E-state index in [1.165, 1.54) is 18.2 Å². The Balaban J connectivity index is 1.75. The molecular weight excluding hydrogens is 298 g/mol. The number of carbonyl (C=O) groups excluding carboxylic acids is 1. The number of rotatable bonds is 5. The molecule has 1 saturated heterocycles. The molecule has 1 aliphatic carbocycles. The Hall–Kier alpha value is -1.49. The predicted octanol–water partition coefficient (Wildman–Crippen LogP) is 2.75. The first kappa shape index (κ1) is 16.4. The van der Waals surface area contributed by atoms with Crippen molar-refractivity contribution in [1.29, 1.82) is 0 Å². The van der Waals surface area contributed by atoms with E-state index in [1.807, 2.05) is 6.92 Å². The van der Waals surface area contributed by atoms with Gasteiger partial charge in [0.25, 0.3) is 0 Å². The van der Waals surface area contributed by atoms with E-state index in [4.69, 9.17) is 0 Å². The van der Waals surface area contributed by atoms with Gasteiger partial charge in [-0.3, -0.25) is 4.79 Å². The number of hydrogen-bond donors (Lipinski definition) is 2. The zero-order valence-electron chi connectivity index (χ0n) is 13.5. The molecule has 0 bridgehead atoms. The molecule has 23 heavy (non-hydrogen) atoms. The minimum absolute atomic E-state index is 0.0143. The van der Waals surface area contributed by atoms with Gasteiger partial charge < -0.3 is 10.6 Å². The second-order valence-electron chi connectivity index (χ2n) is 7.01. The quantitative estimate of drug-likeness (QED) is 0.875. The monoisotopic (exact) mass is 322 g/mol. The van der Waals surface area contributed by atoms with Crippen molar-refractivity contribution < 1.29 is 13.6 Å². The molecule has 2 fully saturated rings. The highest BCUT2D eigenvalue weighted by Gasteiger charge is 2.40. The van der Waals surface area contributed by atoms with E-state index in [0.717, 1.165) is 25.9 Å². The van der Waals surface area contributed by atoms with Crippen LogP contribution in [0.2, 0.25) is 0 Å². The number of benzene rings is 1. The number of carbonyl (C=O) groups is 1. The number of hydrogen-bond acceptors (Lipinski definition) is 2. The highest BCUT2D eigenvalue weighted by atomic mass is 19.1. The second kappa shape index (κ2) is 6.56. The number of amides is 1. The molecule has 0 spiro atoms. The van der Waals surface area contributed by atoms with Crippen LogP contribution in [0.4, 0.5) is 8.78 Å². The summed E-state index contributed by atoms with van der Waals surface area (Å²) in [6.07, 6.45) is 3.30. The van der Waals surface area contributed by atoms with Gasteiger partial charge in [-0.15, -0.1) is 0 Å². The van der Waals surface area contributed by atoms with Crippen molar-refractivity contribution in [1.82, 2.24) is 10.6 Å². The minimum atomic E-state index is -0.608. The maximum Gasteiger partial charge on any atom is 0.223 e. The molecule has 3 rings (SSSR count). The van der Waals surface area contributed by atoms with Gasteiger partial charge >= 0.3 is 0 Å². The molecule has 0 aromatic heterocycles. The Morgan fingerprint density at radius 1 is 1.30 bits per heavy atom. The average Bonchev–Trinajstić information content (AvgIpc) is 2.92. The Morgan fingerprint density at radius 3 is 2.43 bits per heavy atom. The minimum Gasteiger partial charge on any atom is -0.355 e. The molecule has 1 amide bonds. The van der Waals surface area contributed by atoms with Gasteiger partial charge in [-0.1, -0.05) is 25.8 Å². The molecular formula is C18H24F2N2O. The second-order valence-corrected chi connectivity index (χ2v) is 7.01. The van der Waals surface area contributed by atoms with Crippen LogP contribution < -0.4 is 10.6 Å². The van der Waals surface area contributed by atoms with Gasteiger partial charge in [-0.25, -0.2) is 8.78 Å². The van der Waals surface area contributed by atoms with Gasteiger partial charge in [0.1, 0.15) is 11.6 Å². The maximum absolute atomic E-state index is 14.3. The van der Waals surface area contributed by atoms with Crippen molar-refractivity contribution in [3.05, 3.63) is 35.4 Å². The zero-order valence-corrected chi connectivity index (χ0v) is 13.5. The Morgan fingerprint density at radius 2 is 1.91 bits per heavy atom. The third kappa shape index (κ3) is 3.11. The van der Waals surface area contributed by atoms with Crippen LogP contribution in [0.25, 0.3) is 0 Å². The summed E-state index contributed by atoms with van der Waals surface area (Å²) < 4.78 is 28.5. The maximum atomic E-state index is 14.3. The molecule has 1 saturated carbocycles. The van der Waals surface area contributed by atoms with Gasteiger partial charge in [0, 0.05) is 23.4 Å². The highest BCUT2D eigenvalue weighted by Crippen LogP contribution is 2.42. The summed E-state index contributed by atoms with van der Waals surface area (Å²) in [6.45, 7) is 3.96. The summed E-state index contributed by atoms with van der Waals surface area (Å²) in [5.41, 5.74) is -0.460. The van der Waals surface area contributed by atoms with E-state index < -0.39 is 17.0 Å².